The van der Waals surface area contributed by atoms with Crippen molar-refractivity contribution in [3.8, 4) is 0 Å². The highest BCUT2D eigenvalue weighted by molar-refractivity contribution is 5.66. The molecular weight excluding hydrogens is 288 g/mol. The Morgan fingerprint density at radius 2 is 1.91 bits per heavy atom. The van der Waals surface area contributed by atoms with Gasteiger partial charge in [-0.3, -0.25) is 4.79 Å². The summed E-state index contributed by atoms with van der Waals surface area (Å²) >= 11 is 0. The topological polar surface area (TPSA) is 57.5 Å². The van der Waals surface area contributed by atoms with Crippen LogP contribution in [0.25, 0.3) is 0 Å². The number of rotatable bonds is 13. The first-order valence-corrected chi connectivity index (χ1v) is 9.42. The molecule has 0 aromatic rings. The summed E-state index contributed by atoms with van der Waals surface area (Å²) < 4.78 is 0. The second kappa shape index (κ2) is 12.2. The van der Waals surface area contributed by atoms with Crippen LogP contribution in [0.4, 0.5) is 0 Å². The highest BCUT2D eigenvalue weighted by atomic mass is 16.4. The van der Waals surface area contributed by atoms with E-state index in [9.17, 15) is 9.90 Å². The molecule has 0 saturated heterocycles. The number of carboxylic acid groups (broad SMARTS) is 1. The Kier molecular flexibility index (Phi) is 10.5. The lowest BCUT2D eigenvalue weighted by Gasteiger charge is -2.17. The summed E-state index contributed by atoms with van der Waals surface area (Å²) in [6, 6.07) is 0. The SMILES string of the molecule is CCCCCCC=C[C@H]1C(O)=CC[C@@H]1CCCCCCC(=O)O. The van der Waals surface area contributed by atoms with E-state index >= 15 is 0 Å². The standard InChI is InChI=1S/C20H34O3/c1-2-3-4-5-6-10-13-18-17(15-16-19(18)21)12-9-7-8-11-14-20(22)23/h10,13,16-18,21H,2-9,11-12,14-15H2,1H3,(H,22,23)/t17-,18+/m0/s1. The summed E-state index contributed by atoms with van der Waals surface area (Å²) in [6.45, 7) is 2.23. The Morgan fingerprint density at radius 1 is 1.17 bits per heavy atom. The zero-order chi connectivity index (χ0) is 16.9. The van der Waals surface area contributed by atoms with Crippen molar-refractivity contribution in [1.29, 1.82) is 0 Å². The number of aliphatic carboxylic acids is 1. The number of carbonyl (C=O) groups is 1. The Morgan fingerprint density at radius 3 is 2.65 bits per heavy atom. The lowest BCUT2D eigenvalue weighted by molar-refractivity contribution is -0.137. The summed E-state index contributed by atoms with van der Waals surface area (Å²) in [6.07, 6.45) is 19.1. The van der Waals surface area contributed by atoms with Crippen molar-refractivity contribution in [2.75, 3.05) is 0 Å². The molecule has 3 heteroatoms. The van der Waals surface area contributed by atoms with Crippen LogP contribution in [-0.4, -0.2) is 16.2 Å². The maximum absolute atomic E-state index is 10.5. The number of hydrogen-bond donors (Lipinski definition) is 2. The summed E-state index contributed by atoms with van der Waals surface area (Å²) in [5.41, 5.74) is 0. The molecule has 23 heavy (non-hydrogen) atoms. The molecule has 0 amide bonds. The fourth-order valence-corrected chi connectivity index (χ4v) is 3.32. The number of aliphatic hydroxyl groups is 1. The van der Waals surface area contributed by atoms with Crippen LogP contribution in [0, 0.1) is 11.8 Å². The van der Waals surface area contributed by atoms with E-state index in [-0.39, 0.29) is 12.3 Å². The molecular formula is C20H34O3. The number of allylic oxidation sites excluding steroid dienone is 3. The number of carboxylic acids is 1. The monoisotopic (exact) mass is 322 g/mol. The van der Waals surface area contributed by atoms with Crippen LogP contribution in [0.3, 0.4) is 0 Å². The average molecular weight is 322 g/mol. The average Bonchev–Trinajstić information content (AvgIpc) is 2.86. The maximum atomic E-state index is 10.5. The molecule has 0 aliphatic heterocycles. The second-order valence-electron chi connectivity index (χ2n) is 6.77. The van der Waals surface area contributed by atoms with Gasteiger partial charge in [-0.25, -0.2) is 0 Å². The molecule has 0 bridgehead atoms. The normalized spacial score (nSPS) is 21.0. The molecule has 1 rings (SSSR count). The molecule has 0 heterocycles. The van der Waals surface area contributed by atoms with Crippen molar-refractivity contribution in [2.45, 2.75) is 84.0 Å². The van der Waals surface area contributed by atoms with Crippen molar-refractivity contribution in [3.05, 3.63) is 24.0 Å². The van der Waals surface area contributed by atoms with Gasteiger partial charge in [0.15, 0.2) is 0 Å². The fourth-order valence-electron chi connectivity index (χ4n) is 3.32. The van der Waals surface area contributed by atoms with Gasteiger partial charge in [-0.1, -0.05) is 57.6 Å². The Labute approximate surface area is 141 Å². The van der Waals surface area contributed by atoms with Crippen LogP contribution >= 0.6 is 0 Å². The van der Waals surface area contributed by atoms with E-state index in [0.29, 0.717) is 11.7 Å². The highest BCUT2D eigenvalue weighted by Crippen LogP contribution is 2.35. The van der Waals surface area contributed by atoms with E-state index in [4.69, 9.17) is 5.11 Å². The third-order valence-corrected chi connectivity index (χ3v) is 4.76. The lowest BCUT2D eigenvalue weighted by Crippen LogP contribution is -2.09. The fraction of sp³-hybridized carbons (Fsp3) is 0.750. The van der Waals surface area contributed by atoms with E-state index < -0.39 is 5.97 Å². The van der Waals surface area contributed by atoms with Crippen LogP contribution < -0.4 is 0 Å². The molecule has 0 saturated carbocycles. The minimum Gasteiger partial charge on any atom is -0.512 e. The molecule has 1 aliphatic carbocycles. The van der Waals surface area contributed by atoms with Gasteiger partial charge >= 0.3 is 5.97 Å². The largest absolute Gasteiger partial charge is 0.512 e. The third-order valence-electron chi connectivity index (χ3n) is 4.76. The van der Waals surface area contributed by atoms with E-state index in [1.807, 2.05) is 6.08 Å². The van der Waals surface area contributed by atoms with Crippen molar-refractivity contribution >= 4 is 5.97 Å². The molecule has 0 radical (unpaired) electrons. The Bertz CT molecular complexity index is 384. The van der Waals surface area contributed by atoms with Gasteiger partial charge < -0.3 is 10.2 Å². The number of unbranched alkanes of at least 4 members (excludes halogenated alkanes) is 7. The second-order valence-corrected chi connectivity index (χ2v) is 6.77. The summed E-state index contributed by atoms with van der Waals surface area (Å²) in [5, 5.41) is 18.7. The van der Waals surface area contributed by atoms with E-state index in [1.165, 1.54) is 25.7 Å². The zero-order valence-electron chi connectivity index (χ0n) is 14.7. The van der Waals surface area contributed by atoms with E-state index in [2.05, 4.69) is 19.1 Å². The molecule has 2 N–H and O–H groups in total. The maximum Gasteiger partial charge on any atom is 0.303 e. The third kappa shape index (κ3) is 8.83. The first-order chi connectivity index (χ1) is 11.1. The van der Waals surface area contributed by atoms with Gasteiger partial charge in [-0.15, -0.1) is 0 Å². The van der Waals surface area contributed by atoms with E-state index in [1.54, 1.807) is 0 Å². The van der Waals surface area contributed by atoms with Crippen LogP contribution in [0.5, 0.6) is 0 Å². The molecule has 0 unspecified atom stereocenters. The summed E-state index contributed by atoms with van der Waals surface area (Å²) in [4.78, 5) is 10.5. The number of aliphatic hydroxyl groups excluding tert-OH is 1. The molecule has 2 atom stereocenters. The predicted molar refractivity (Wildman–Crippen MR) is 95.5 cm³/mol. The Hall–Kier alpha value is -1.25. The molecule has 132 valence electrons. The van der Waals surface area contributed by atoms with Crippen LogP contribution in [0.1, 0.15) is 84.0 Å². The van der Waals surface area contributed by atoms with Crippen molar-refractivity contribution in [2.24, 2.45) is 11.8 Å². The van der Waals surface area contributed by atoms with Gasteiger partial charge in [0.2, 0.25) is 0 Å². The Balaban J connectivity index is 2.18. The van der Waals surface area contributed by atoms with Gasteiger partial charge in [0.1, 0.15) is 0 Å². The van der Waals surface area contributed by atoms with Crippen molar-refractivity contribution in [1.82, 2.24) is 0 Å². The minimum atomic E-state index is -0.695. The summed E-state index contributed by atoms with van der Waals surface area (Å²) in [5.74, 6) is 0.589. The molecule has 0 aromatic carbocycles. The van der Waals surface area contributed by atoms with Crippen molar-refractivity contribution < 1.29 is 15.0 Å². The van der Waals surface area contributed by atoms with E-state index in [0.717, 1.165) is 44.9 Å². The van der Waals surface area contributed by atoms with Gasteiger partial charge in [-0.05, 0) is 44.1 Å². The lowest BCUT2D eigenvalue weighted by atomic mass is 9.88. The molecule has 0 spiro atoms. The van der Waals surface area contributed by atoms with Gasteiger partial charge in [0.05, 0.1) is 5.76 Å². The van der Waals surface area contributed by atoms with Gasteiger partial charge in [0, 0.05) is 12.3 Å². The zero-order valence-corrected chi connectivity index (χ0v) is 14.7. The predicted octanol–water partition coefficient (Wildman–Crippen LogP) is 6.02. The molecule has 3 nitrogen and oxygen atoms in total. The van der Waals surface area contributed by atoms with Gasteiger partial charge in [0.25, 0.3) is 0 Å². The first-order valence-electron chi connectivity index (χ1n) is 9.42. The van der Waals surface area contributed by atoms with Crippen LogP contribution in [-0.2, 0) is 4.79 Å². The van der Waals surface area contributed by atoms with Crippen molar-refractivity contribution in [3.63, 3.8) is 0 Å². The van der Waals surface area contributed by atoms with Crippen LogP contribution in [0.15, 0.2) is 24.0 Å². The minimum absolute atomic E-state index is 0.209. The molecule has 0 fully saturated rings. The quantitative estimate of drug-likeness (QED) is 0.322. The molecule has 0 aromatic heterocycles. The number of hydrogen-bond acceptors (Lipinski definition) is 2. The van der Waals surface area contributed by atoms with Crippen LogP contribution in [0.2, 0.25) is 0 Å². The van der Waals surface area contributed by atoms with Gasteiger partial charge in [-0.2, -0.15) is 0 Å². The highest BCUT2D eigenvalue weighted by Gasteiger charge is 2.26. The smallest absolute Gasteiger partial charge is 0.303 e. The summed E-state index contributed by atoms with van der Waals surface area (Å²) in [7, 11) is 0. The first kappa shape index (κ1) is 19.8. The molecule has 1 aliphatic rings.